The lowest BCUT2D eigenvalue weighted by Gasteiger charge is -2.09. The highest BCUT2D eigenvalue weighted by Crippen LogP contribution is 2.22. The first kappa shape index (κ1) is 14.9. The van der Waals surface area contributed by atoms with Crippen molar-refractivity contribution in [3.05, 3.63) is 54.1 Å². The molecule has 2 rings (SSSR count). The van der Waals surface area contributed by atoms with Gasteiger partial charge in [-0.15, -0.1) is 11.8 Å². The predicted molar refractivity (Wildman–Crippen MR) is 81.4 cm³/mol. The van der Waals surface area contributed by atoms with E-state index in [1.165, 1.54) is 12.1 Å². The molecule has 0 amide bonds. The Bertz CT molecular complexity index is 699. The first-order valence-electron chi connectivity index (χ1n) is 5.92. The summed E-state index contributed by atoms with van der Waals surface area (Å²) in [6, 6.07) is 13.4. The van der Waals surface area contributed by atoms with E-state index in [-0.39, 0.29) is 11.5 Å². The minimum atomic E-state index is -3.64. The van der Waals surface area contributed by atoms with Crippen LogP contribution in [0, 0.1) is 0 Å². The molecule has 0 saturated carbocycles. The maximum absolute atomic E-state index is 12.3. The third-order valence-corrected chi connectivity index (χ3v) is 4.82. The average Bonchev–Trinajstić information content (AvgIpc) is 2.47. The lowest BCUT2D eigenvalue weighted by Crippen LogP contribution is -2.13. The van der Waals surface area contributed by atoms with E-state index in [0.717, 1.165) is 4.90 Å². The van der Waals surface area contributed by atoms with E-state index >= 15 is 0 Å². The van der Waals surface area contributed by atoms with Crippen molar-refractivity contribution in [1.82, 2.24) is 0 Å². The molecule has 106 valence electrons. The topological polar surface area (TPSA) is 66.4 Å². The number of thioether (sulfide) groups is 1. The summed E-state index contributed by atoms with van der Waals surface area (Å²) in [4.78, 5) is 1.12. The number of hydrogen-bond donors (Lipinski definition) is 2. The van der Waals surface area contributed by atoms with E-state index in [2.05, 4.69) is 4.72 Å². The van der Waals surface area contributed by atoms with Crippen LogP contribution < -0.4 is 4.72 Å². The number of aliphatic hydroxyl groups is 1. The van der Waals surface area contributed by atoms with Crippen molar-refractivity contribution in [3.63, 3.8) is 0 Å². The zero-order valence-electron chi connectivity index (χ0n) is 10.9. The zero-order valence-corrected chi connectivity index (χ0v) is 12.5. The van der Waals surface area contributed by atoms with Crippen LogP contribution in [-0.4, -0.2) is 19.8 Å². The van der Waals surface area contributed by atoms with Crippen LogP contribution >= 0.6 is 11.8 Å². The quantitative estimate of drug-likeness (QED) is 0.833. The number of nitrogens with one attached hydrogen (secondary N) is 1. The van der Waals surface area contributed by atoms with Crippen molar-refractivity contribution in [2.24, 2.45) is 0 Å². The van der Waals surface area contributed by atoms with Crippen molar-refractivity contribution in [2.45, 2.75) is 16.4 Å². The Morgan fingerprint density at radius 1 is 1.15 bits per heavy atom. The van der Waals surface area contributed by atoms with E-state index in [1.807, 2.05) is 12.3 Å². The van der Waals surface area contributed by atoms with Gasteiger partial charge in [-0.25, -0.2) is 8.42 Å². The van der Waals surface area contributed by atoms with E-state index in [4.69, 9.17) is 5.11 Å². The van der Waals surface area contributed by atoms with Gasteiger partial charge in [0.1, 0.15) is 0 Å². The third-order valence-electron chi connectivity index (χ3n) is 2.71. The van der Waals surface area contributed by atoms with E-state index in [1.54, 1.807) is 42.1 Å². The molecule has 2 aromatic carbocycles. The summed E-state index contributed by atoms with van der Waals surface area (Å²) in [5.74, 6) is 0. The molecule has 0 atom stereocenters. The van der Waals surface area contributed by atoms with Gasteiger partial charge in [-0.1, -0.05) is 18.2 Å². The monoisotopic (exact) mass is 309 g/mol. The Kier molecular flexibility index (Phi) is 4.69. The smallest absolute Gasteiger partial charge is 0.261 e. The van der Waals surface area contributed by atoms with Gasteiger partial charge in [0, 0.05) is 10.6 Å². The fraction of sp³-hybridized carbons (Fsp3) is 0.143. The molecule has 0 aliphatic heterocycles. The number of rotatable bonds is 5. The van der Waals surface area contributed by atoms with Crippen LogP contribution in [0.15, 0.2) is 58.3 Å². The van der Waals surface area contributed by atoms with E-state index < -0.39 is 10.0 Å². The molecule has 0 spiro atoms. The lowest BCUT2D eigenvalue weighted by atomic mass is 10.2. The van der Waals surface area contributed by atoms with Gasteiger partial charge in [-0.05, 0) is 42.2 Å². The van der Waals surface area contributed by atoms with Gasteiger partial charge in [0.25, 0.3) is 10.0 Å². The molecule has 2 aromatic rings. The SMILES string of the molecule is CSc1cccc(NS(=O)(=O)c2cccc(CO)c2)c1. The lowest BCUT2D eigenvalue weighted by molar-refractivity contribution is 0.281. The van der Waals surface area contributed by atoms with Gasteiger partial charge in [-0.3, -0.25) is 4.72 Å². The van der Waals surface area contributed by atoms with Crippen LogP contribution in [0.25, 0.3) is 0 Å². The molecular formula is C14H15NO3S2. The molecule has 6 heteroatoms. The van der Waals surface area contributed by atoms with Crippen LogP contribution in [0.4, 0.5) is 5.69 Å². The number of anilines is 1. The van der Waals surface area contributed by atoms with Gasteiger partial charge < -0.3 is 5.11 Å². The normalized spacial score (nSPS) is 11.3. The van der Waals surface area contributed by atoms with Crippen molar-refractivity contribution in [1.29, 1.82) is 0 Å². The molecule has 0 bridgehead atoms. The van der Waals surface area contributed by atoms with E-state index in [9.17, 15) is 8.42 Å². The molecule has 0 aromatic heterocycles. The molecular weight excluding hydrogens is 294 g/mol. The van der Waals surface area contributed by atoms with Gasteiger partial charge in [0.05, 0.1) is 11.5 Å². The van der Waals surface area contributed by atoms with Crippen molar-refractivity contribution in [3.8, 4) is 0 Å². The molecule has 2 N–H and O–H groups in total. The summed E-state index contributed by atoms with van der Waals surface area (Å²) in [5.41, 5.74) is 1.08. The Labute approximate surface area is 122 Å². The first-order valence-corrected chi connectivity index (χ1v) is 8.62. The molecule has 0 fully saturated rings. The summed E-state index contributed by atoms with van der Waals surface area (Å²) in [5, 5.41) is 9.07. The second kappa shape index (κ2) is 6.30. The van der Waals surface area contributed by atoms with Gasteiger partial charge in [0.15, 0.2) is 0 Å². The maximum Gasteiger partial charge on any atom is 0.261 e. The third kappa shape index (κ3) is 3.53. The van der Waals surface area contributed by atoms with Crippen LogP contribution in [0.2, 0.25) is 0 Å². The zero-order chi connectivity index (χ0) is 14.6. The fourth-order valence-electron chi connectivity index (χ4n) is 1.71. The summed E-state index contributed by atoms with van der Waals surface area (Å²) < 4.78 is 27.1. The highest BCUT2D eigenvalue weighted by Gasteiger charge is 2.14. The second-order valence-corrected chi connectivity index (χ2v) is 6.71. The van der Waals surface area contributed by atoms with Gasteiger partial charge >= 0.3 is 0 Å². The summed E-state index contributed by atoms with van der Waals surface area (Å²) in [6.45, 7) is -0.189. The number of aliphatic hydroxyl groups excluding tert-OH is 1. The molecule has 0 heterocycles. The number of benzene rings is 2. The molecule has 4 nitrogen and oxygen atoms in total. The summed E-state index contributed by atoms with van der Waals surface area (Å²) in [6.07, 6.45) is 1.93. The van der Waals surface area contributed by atoms with Crippen molar-refractivity contribution >= 4 is 27.5 Å². The highest BCUT2D eigenvalue weighted by molar-refractivity contribution is 7.98. The summed E-state index contributed by atoms with van der Waals surface area (Å²) in [7, 11) is -3.64. The molecule has 0 aliphatic rings. The van der Waals surface area contributed by atoms with E-state index in [0.29, 0.717) is 11.3 Å². The van der Waals surface area contributed by atoms with Crippen LogP contribution in [0.1, 0.15) is 5.56 Å². The molecule has 0 aliphatic carbocycles. The summed E-state index contributed by atoms with van der Waals surface area (Å²) >= 11 is 1.54. The Hall–Kier alpha value is -1.50. The standard InChI is InChI=1S/C14H15NO3S2/c1-19-13-6-3-5-12(9-13)15-20(17,18)14-7-2-4-11(8-14)10-16/h2-9,15-16H,10H2,1H3. The van der Waals surface area contributed by atoms with Crippen molar-refractivity contribution < 1.29 is 13.5 Å². The minimum absolute atomic E-state index is 0.138. The second-order valence-electron chi connectivity index (χ2n) is 4.14. The van der Waals surface area contributed by atoms with Crippen LogP contribution in [0.5, 0.6) is 0 Å². The Morgan fingerprint density at radius 3 is 2.60 bits per heavy atom. The van der Waals surface area contributed by atoms with Gasteiger partial charge in [-0.2, -0.15) is 0 Å². The fourth-order valence-corrected chi connectivity index (χ4v) is 3.29. The number of sulfonamides is 1. The Morgan fingerprint density at radius 2 is 1.90 bits per heavy atom. The predicted octanol–water partition coefficient (Wildman–Crippen LogP) is 2.70. The maximum atomic E-state index is 12.3. The molecule has 0 radical (unpaired) electrons. The van der Waals surface area contributed by atoms with Gasteiger partial charge in [0.2, 0.25) is 0 Å². The van der Waals surface area contributed by atoms with Crippen LogP contribution in [0.3, 0.4) is 0 Å². The molecule has 20 heavy (non-hydrogen) atoms. The minimum Gasteiger partial charge on any atom is -0.392 e. The first-order chi connectivity index (χ1) is 9.55. The molecule has 0 saturated heterocycles. The molecule has 0 unspecified atom stereocenters. The highest BCUT2D eigenvalue weighted by atomic mass is 32.2. The van der Waals surface area contributed by atoms with Crippen molar-refractivity contribution in [2.75, 3.05) is 11.0 Å². The number of hydrogen-bond acceptors (Lipinski definition) is 4. The average molecular weight is 309 g/mol. The largest absolute Gasteiger partial charge is 0.392 e. The Balaban J connectivity index is 2.30. The van der Waals surface area contributed by atoms with Crippen LogP contribution in [-0.2, 0) is 16.6 Å².